The highest BCUT2D eigenvalue weighted by molar-refractivity contribution is 5.46. The van der Waals surface area contributed by atoms with E-state index in [9.17, 15) is 4.79 Å². The molecule has 0 aliphatic carbocycles. The Morgan fingerprint density at radius 3 is 2.07 bits per heavy atom. The van der Waals surface area contributed by atoms with Crippen molar-refractivity contribution in [2.24, 2.45) is 0 Å². The van der Waals surface area contributed by atoms with Gasteiger partial charge in [0.2, 0.25) is 6.41 Å². The molecule has 0 aromatic heterocycles. The molecule has 0 heterocycles. The molecule has 0 rings (SSSR count). The molecular formula is C12H26N2O. The van der Waals surface area contributed by atoms with Crippen LogP contribution in [0.3, 0.4) is 0 Å². The largest absolute Gasteiger partial charge is 0.356 e. The summed E-state index contributed by atoms with van der Waals surface area (Å²) in [5.41, 5.74) is 0.137. The first-order valence-corrected chi connectivity index (χ1v) is 5.69. The van der Waals surface area contributed by atoms with Crippen LogP contribution in [0.1, 0.15) is 54.4 Å². The number of amides is 1. The maximum Gasteiger partial charge on any atom is 0.207 e. The predicted molar refractivity (Wildman–Crippen MR) is 64.9 cm³/mol. The van der Waals surface area contributed by atoms with E-state index in [-0.39, 0.29) is 17.1 Å². The van der Waals surface area contributed by atoms with Crippen molar-refractivity contribution in [2.45, 2.75) is 71.5 Å². The van der Waals surface area contributed by atoms with Gasteiger partial charge in [0, 0.05) is 17.1 Å². The Morgan fingerprint density at radius 1 is 1.20 bits per heavy atom. The zero-order valence-corrected chi connectivity index (χ0v) is 11.0. The average molecular weight is 214 g/mol. The summed E-state index contributed by atoms with van der Waals surface area (Å²) in [6.45, 7) is 12.9. The SMILES string of the molecule is CCC(CC(C)(C)NC(C)(C)C)NC=O. The fraction of sp³-hybridized carbons (Fsp3) is 0.917. The van der Waals surface area contributed by atoms with Gasteiger partial charge in [-0.2, -0.15) is 0 Å². The van der Waals surface area contributed by atoms with Gasteiger partial charge in [0.1, 0.15) is 0 Å². The summed E-state index contributed by atoms with van der Waals surface area (Å²) in [6, 6.07) is 0.257. The lowest BCUT2D eigenvalue weighted by Crippen LogP contribution is -2.53. The normalized spacial score (nSPS) is 14.8. The second-order valence-electron chi connectivity index (χ2n) is 5.85. The van der Waals surface area contributed by atoms with Gasteiger partial charge in [0.25, 0.3) is 0 Å². The van der Waals surface area contributed by atoms with Crippen LogP contribution in [0.2, 0.25) is 0 Å². The third kappa shape index (κ3) is 7.37. The zero-order valence-electron chi connectivity index (χ0n) is 11.0. The minimum absolute atomic E-state index is 0.0366. The maximum atomic E-state index is 10.4. The standard InChI is InChI=1S/C12H26N2O/c1-7-10(13-9-15)8-12(5,6)14-11(2,3)4/h9-10,14H,7-8H2,1-6H3,(H,13,15). The molecule has 1 amide bonds. The molecule has 0 radical (unpaired) electrons. The van der Waals surface area contributed by atoms with E-state index in [4.69, 9.17) is 0 Å². The van der Waals surface area contributed by atoms with Crippen molar-refractivity contribution in [2.75, 3.05) is 0 Å². The number of carbonyl (C=O) groups excluding carboxylic acids is 1. The molecule has 0 saturated heterocycles. The molecule has 15 heavy (non-hydrogen) atoms. The second kappa shape index (κ2) is 5.50. The topological polar surface area (TPSA) is 41.1 Å². The minimum atomic E-state index is 0.0366. The van der Waals surface area contributed by atoms with Crippen LogP contribution in [0.25, 0.3) is 0 Å². The molecule has 0 aliphatic heterocycles. The smallest absolute Gasteiger partial charge is 0.207 e. The first kappa shape index (κ1) is 14.4. The molecule has 2 N–H and O–H groups in total. The van der Waals surface area contributed by atoms with Crippen LogP contribution in [0.4, 0.5) is 0 Å². The molecular weight excluding hydrogens is 188 g/mol. The summed E-state index contributed by atoms with van der Waals surface area (Å²) in [4.78, 5) is 10.4. The van der Waals surface area contributed by atoms with Crippen molar-refractivity contribution in [3.05, 3.63) is 0 Å². The molecule has 0 aromatic rings. The van der Waals surface area contributed by atoms with E-state index in [0.717, 1.165) is 19.3 Å². The van der Waals surface area contributed by atoms with Gasteiger partial charge in [0.05, 0.1) is 0 Å². The van der Waals surface area contributed by atoms with Crippen LogP contribution < -0.4 is 10.6 Å². The summed E-state index contributed by atoms with van der Waals surface area (Å²) >= 11 is 0. The van der Waals surface area contributed by atoms with Crippen molar-refractivity contribution in [3.8, 4) is 0 Å². The number of hydrogen-bond acceptors (Lipinski definition) is 2. The number of carbonyl (C=O) groups is 1. The Kier molecular flexibility index (Phi) is 5.29. The molecule has 3 heteroatoms. The van der Waals surface area contributed by atoms with Crippen LogP contribution >= 0.6 is 0 Å². The summed E-state index contributed by atoms with van der Waals surface area (Å²) in [7, 11) is 0. The lowest BCUT2D eigenvalue weighted by atomic mass is 9.91. The Hall–Kier alpha value is -0.570. The van der Waals surface area contributed by atoms with Gasteiger partial charge in [-0.1, -0.05) is 6.92 Å². The molecule has 0 aromatic carbocycles. The third-order valence-electron chi connectivity index (χ3n) is 2.27. The van der Waals surface area contributed by atoms with Crippen LogP contribution in [0, 0.1) is 0 Å². The zero-order chi connectivity index (χ0) is 12.1. The van der Waals surface area contributed by atoms with E-state index in [2.05, 4.69) is 52.2 Å². The molecule has 3 nitrogen and oxygen atoms in total. The molecule has 90 valence electrons. The maximum absolute atomic E-state index is 10.4. The van der Waals surface area contributed by atoms with Gasteiger partial charge in [-0.25, -0.2) is 0 Å². The Bertz CT molecular complexity index is 194. The first-order valence-electron chi connectivity index (χ1n) is 5.69. The van der Waals surface area contributed by atoms with E-state index < -0.39 is 0 Å². The van der Waals surface area contributed by atoms with Crippen LogP contribution in [0.5, 0.6) is 0 Å². The van der Waals surface area contributed by atoms with Crippen molar-refractivity contribution in [1.29, 1.82) is 0 Å². The molecule has 0 spiro atoms. The van der Waals surface area contributed by atoms with Crippen molar-refractivity contribution in [1.82, 2.24) is 10.6 Å². The molecule has 0 bridgehead atoms. The van der Waals surface area contributed by atoms with Crippen LogP contribution in [-0.4, -0.2) is 23.5 Å². The second-order valence-corrected chi connectivity index (χ2v) is 5.85. The van der Waals surface area contributed by atoms with Crippen LogP contribution in [0.15, 0.2) is 0 Å². The minimum Gasteiger partial charge on any atom is -0.356 e. The number of nitrogens with one attached hydrogen (secondary N) is 2. The van der Waals surface area contributed by atoms with E-state index in [1.54, 1.807) is 0 Å². The summed E-state index contributed by atoms with van der Waals surface area (Å²) in [6.07, 6.45) is 2.70. The number of rotatable bonds is 6. The lowest BCUT2D eigenvalue weighted by molar-refractivity contribution is -0.110. The van der Waals surface area contributed by atoms with Gasteiger partial charge in [-0.05, 0) is 47.5 Å². The molecule has 0 saturated carbocycles. The quantitative estimate of drug-likeness (QED) is 0.665. The van der Waals surface area contributed by atoms with Gasteiger partial charge in [-0.3, -0.25) is 4.79 Å². The Morgan fingerprint density at radius 2 is 1.73 bits per heavy atom. The Labute approximate surface area is 94.0 Å². The van der Waals surface area contributed by atoms with Gasteiger partial charge >= 0.3 is 0 Å². The van der Waals surface area contributed by atoms with E-state index in [1.165, 1.54) is 0 Å². The highest BCUT2D eigenvalue weighted by Gasteiger charge is 2.26. The Balaban J connectivity index is 4.27. The number of hydrogen-bond donors (Lipinski definition) is 2. The van der Waals surface area contributed by atoms with E-state index >= 15 is 0 Å². The third-order valence-corrected chi connectivity index (χ3v) is 2.27. The summed E-state index contributed by atoms with van der Waals surface area (Å²) in [5.74, 6) is 0. The highest BCUT2D eigenvalue weighted by Crippen LogP contribution is 2.17. The summed E-state index contributed by atoms with van der Waals surface area (Å²) < 4.78 is 0. The molecule has 0 fully saturated rings. The lowest BCUT2D eigenvalue weighted by Gasteiger charge is -2.37. The molecule has 1 atom stereocenters. The molecule has 0 aliphatic rings. The monoisotopic (exact) mass is 214 g/mol. The predicted octanol–water partition coefficient (Wildman–Crippen LogP) is 2.07. The van der Waals surface area contributed by atoms with Crippen LogP contribution in [-0.2, 0) is 4.79 Å². The fourth-order valence-corrected chi connectivity index (χ4v) is 2.10. The fourth-order valence-electron chi connectivity index (χ4n) is 2.10. The van der Waals surface area contributed by atoms with E-state index in [0.29, 0.717) is 0 Å². The first-order chi connectivity index (χ1) is 6.70. The van der Waals surface area contributed by atoms with Gasteiger partial charge in [0.15, 0.2) is 0 Å². The van der Waals surface area contributed by atoms with Gasteiger partial charge < -0.3 is 10.6 Å². The van der Waals surface area contributed by atoms with Gasteiger partial charge in [-0.15, -0.1) is 0 Å². The molecule has 1 unspecified atom stereocenters. The highest BCUT2D eigenvalue weighted by atomic mass is 16.1. The van der Waals surface area contributed by atoms with Crippen molar-refractivity contribution in [3.63, 3.8) is 0 Å². The van der Waals surface area contributed by atoms with Crippen molar-refractivity contribution < 1.29 is 4.79 Å². The average Bonchev–Trinajstić information content (AvgIpc) is 1.98. The summed E-state index contributed by atoms with van der Waals surface area (Å²) in [5, 5.41) is 6.42. The van der Waals surface area contributed by atoms with E-state index in [1.807, 2.05) is 0 Å². The van der Waals surface area contributed by atoms with Crippen molar-refractivity contribution >= 4 is 6.41 Å².